The highest BCUT2D eigenvalue weighted by Crippen LogP contribution is 2.19. The number of phenolic OH excluding ortho intramolecular Hbond substituents is 1. The van der Waals surface area contributed by atoms with E-state index in [4.69, 9.17) is 0 Å². The predicted octanol–water partition coefficient (Wildman–Crippen LogP) is 2.55. The van der Waals surface area contributed by atoms with Crippen LogP contribution in [0, 0.1) is 6.92 Å². The molecule has 2 aromatic rings. The van der Waals surface area contributed by atoms with Gasteiger partial charge in [-0.25, -0.2) is 5.43 Å². The minimum absolute atomic E-state index is 0.00954. The number of aromatic hydroxyl groups is 1. The number of aryl methyl sites for hydroxylation is 1. The summed E-state index contributed by atoms with van der Waals surface area (Å²) in [4.78, 5) is 23.4. The van der Waals surface area contributed by atoms with Crippen molar-refractivity contribution in [2.45, 2.75) is 6.92 Å². The van der Waals surface area contributed by atoms with Crippen LogP contribution >= 0.6 is 15.9 Å². The highest BCUT2D eigenvalue weighted by atomic mass is 79.9. The second kappa shape index (κ2) is 7.55. The van der Waals surface area contributed by atoms with Crippen LogP contribution in [0.25, 0.3) is 0 Å². The number of amides is 2. The first-order chi connectivity index (χ1) is 11.0. The van der Waals surface area contributed by atoms with Gasteiger partial charge in [-0.1, -0.05) is 33.6 Å². The fourth-order valence-corrected chi connectivity index (χ4v) is 2.04. The van der Waals surface area contributed by atoms with E-state index in [2.05, 4.69) is 31.8 Å². The van der Waals surface area contributed by atoms with Gasteiger partial charge in [-0.3, -0.25) is 9.59 Å². The van der Waals surface area contributed by atoms with Crippen molar-refractivity contribution in [1.29, 1.82) is 0 Å². The summed E-state index contributed by atoms with van der Waals surface area (Å²) < 4.78 is 0.750. The zero-order chi connectivity index (χ0) is 16.8. The second-order valence-electron chi connectivity index (χ2n) is 4.72. The van der Waals surface area contributed by atoms with Crippen molar-refractivity contribution in [3.8, 4) is 5.75 Å². The van der Waals surface area contributed by atoms with Crippen molar-refractivity contribution < 1.29 is 14.7 Å². The average Bonchev–Trinajstić information content (AvgIpc) is 2.52. The first-order valence-electron chi connectivity index (χ1n) is 6.65. The molecule has 0 fully saturated rings. The zero-order valence-corrected chi connectivity index (χ0v) is 13.8. The third kappa shape index (κ3) is 4.93. The number of halogens is 1. The van der Waals surface area contributed by atoms with Crippen LogP contribution in [0.3, 0.4) is 0 Å². The fraction of sp³-hybridized carbons (Fsp3) is 0.0625. The number of hydrazone groups is 1. The molecule has 0 aromatic heterocycles. The summed E-state index contributed by atoms with van der Waals surface area (Å²) in [7, 11) is 0. The molecule has 2 aromatic carbocycles. The van der Waals surface area contributed by atoms with Gasteiger partial charge >= 0.3 is 11.8 Å². The maximum absolute atomic E-state index is 11.7. The maximum Gasteiger partial charge on any atom is 0.329 e. The van der Waals surface area contributed by atoms with Gasteiger partial charge in [0, 0.05) is 15.7 Å². The average molecular weight is 376 g/mol. The number of nitrogens with one attached hydrogen (secondary N) is 2. The van der Waals surface area contributed by atoms with Crippen LogP contribution < -0.4 is 10.7 Å². The van der Waals surface area contributed by atoms with Crippen molar-refractivity contribution in [3.05, 3.63) is 58.1 Å². The number of nitrogens with zero attached hydrogens (tertiary/aromatic N) is 1. The van der Waals surface area contributed by atoms with Crippen LogP contribution in [0.2, 0.25) is 0 Å². The Hall–Kier alpha value is -2.67. The summed E-state index contributed by atoms with van der Waals surface area (Å²) in [5.74, 6) is -1.73. The molecule has 0 atom stereocenters. The highest BCUT2D eigenvalue weighted by Gasteiger charge is 2.12. The van der Waals surface area contributed by atoms with Gasteiger partial charge in [-0.2, -0.15) is 5.10 Å². The van der Waals surface area contributed by atoms with Crippen molar-refractivity contribution in [3.63, 3.8) is 0 Å². The van der Waals surface area contributed by atoms with Gasteiger partial charge in [-0.15, -0.1) is 0 Å². The quantitative estimate of drug-likeness (QED) is 0.437. The number of phenols is 1. The summed E-state index contributed by atoms with van der Waals surface area (Å²) in [6.07, 6.45) is 1.25. The summed E-state index contributed by atoms with van der Waals surface area (Å²) in [5.41, 5.74) is 4.07. The van der Waals surface area contributed by atoms with Gasteiger partial charge in [0.05, 0.1) is 6.21 Å². The van der Waals surface area contributed by atoms with Crippen LogP contribution in [0.5, 0.6) is 5.75 Å². The minimum Gasteiger partial charge on any atom is -0.507 e. The van der Waals surface area contributed by atoms with Crippen molar-refractivity contribution in [1.82, 2.24) is 5.43 Å². The van der Waals surface area contributed by atoms with E-state index in [1.165, 1.54) is 12.3 Å². The number of rotatable bonds is 3. The molecule has 2 amide bonds. The molecule has 0 aliphatic carbocycles. The van der Waals surface area contributed by atoms with E-state index in [0.29, 0.717) is 11.3 Å². The topological polar surface area (TPSA) is 90.8 Å². The molecule has 0 heterocycles. The number of hydrogen-bond acceptors (Lipinski definition) is 4. The maximum atomic E-state index is 11.7. The fourth-order valence-electron chi connectivity index (χ4n) is 1.66. The second-order valence-corrected chi connectivity index (χ2v) is 5.64. The molecule has 0 bridgehead atoms. The van der Waals surface area contributed by atoms with Crippen molar-refractivity contribution in [2.24, 2.45) is 5.10 Å². The number of benzene rings is 2. The van der Waals surface area contributed by atoms with Gasteiger partial charge in [0.2, 0.25) is 0 Å². The Morgan fingerprint density at radius 3 is 2.52 bits per heavy atom. The van der Waals surface area contributed by atoms with E-state index in [9.17, 15) is 14.7 Å². The number of hydrogen-bond donors (Lipinski definition) is 3. The van der Waals surface area contributed by atoms with Crippen LogP contribution in [0.15, 0.2) is 52.0 Å². The lowest BCUT2D eigenvalue weighted by Crippen LogP contribution is -2.32. The molecule has 23 heavy (non-hydrogen) atoms. The van der Waals surface area contributed by atoms with Crippen LogP contribution in [-0.2, 0) is 9.59 Å². The first-order valence-corrected chi connectivity index (χ1v) is 7.44. The highest BCUT2D eigenvalue weighted by molar-refractivity contribution is 9.10. The zero-order valence-electron chi connectivity index (χ0n) is 12.2. The van der Waals surface area contributed by atoms with E-state index in [0.717, 1.165) is 10.0 Å². The molecular weight excluding hydrogens is 362 g/mol. The van der Waals surface area contributed by atoms with Crippen molar-refractivity contribution in [2.75, 3.05) is 5.32 Å². The SMILES string of the molecule is Cc1ccc(NC(=O)C(=O)N/N=C\c2cc(Br)ccc2O)cc1. The van der Waals surface area contributed by atoms with Gasteiger partial charge in [-0.05, 0) is 37.3 Å². The van der Waals surface area contributed by atoms with E-state index in [-0.39, 0.29) is 5.75 Å². The molecule has 0 aliphatic rings. The number of anilines is 1. The Labute approximate surface area is 141 Å². The van der Waals surface area contributed by atoms with E-state index >= 15 is 0 Å². The Morgan fingerprint density at radius 2 is 1.83 bits per heavy atom. The summed E-state index contributed by atoms with van der Waals surface area (Å²) >= 11 is 3.26. The molecule has 6 nitrogen and oxygen atoms in total. The third-order valence-corrected chi connectivity index (χ3v) is 3.37. The summed E-state index contributed by atoms with van der Waals surface area (Å²) in [5, 5.41) is 15.7. The summed E-state index contributed by atoms with van der Waals surface area (Å²) in [6.45, 7) is 1.92. The third-order valence-electron chi connectivity index (χ3n) is 2.87. The molecule has 0 saturated carbocycles. The lowest BCUT2D eigenvalue weighted by molar-refractivity contribution is -0.136. The molecule has 0 saturated heterocycles. The molecule has 3 N–H and O–H groups in total. The monoisotopic (exact) mass is 375 g/mol. The van der Waals surface area contributed by atoms with Gasteiger partial charge in [0.25, 0.3) is 0 Å². The van der Waals surface area contributed by atoms with Gasteiger partial charge in [0.1, 0.15) is 5.75 Å². The normalized spacial score (nSPS) is 10.5. The Balaban J connectivity index is 1.93. The molecule has 2 rings (SSSR count). The van der Waals surface area contributed by atoms with E-state index in [1.54, 1.807) is 24.3 Å². The smallest absolute Gasteiger partial charge is 0.329 e. The number of carbonyl (C=O) groups excluding carboxylic acids is 2. The lowest BCUT2D eigenvalue weighted by Gasteiger charge is -2.04. The van der Waals surface area contributed by atoms with E-state index in [1.807, 2.05) is 19.1 Å². The minimum atomic E-state index is -0.906. The molecule has 0 spiro atoms. The van der Waals surface area contributed by atoms with Crippen LogP contribution in [0.1, 0.15) is 11.1 Å². The Bertz CT molecular complexity index is 758. The molecule has 118 valence electrons. The standard InChI is InChI=1S/C16H14BrN3O3/c1-10-2-5-13(6-3-10)19-15(22)16(23)20-18-9-11-8-12(17)4-7-14(11)21/h2-9,21H,1H3,(H,19,22)(H,20,23)/b18-9-. The lowest BCUT2D eigenvalue weighted by atomic mass is 10.2. The molecule has 0 unspecified atom stereocenters. The van der Waals surface area contributed by atoms with Crippen LogP contribution in [0.4, 0.5) is 5.69 Å². The van der Waals surface area contributed by atoms with E-state index < -0.39 is 11.8 Å². The molecule has 0 aliphatic heterocycles. The largest absolute Gasteiger partial charge is 0.507 e. The van der Waals surface area contributed by atoms with Crippen LogP contribution in [-0.4, -0.2) is 23.1 Å². The van der Waals surface area contributed by atoms with Gasteiger partial charge < -0.3 is 10.4 Å². The molecule has 7 heteroatoms. The number of carbonyl (C=O) groups is 2. The Kier molecular flexibility index (Phi) is 5.48. The Morgan fingerprint density at radius 1 is 1.13 bits per heavy atom. The molecule has 0 radical (unpaired) electrons. The first kappa shape index (κ1) is 16.7. The van der Waals surface area contributed by atoms with Crippen molar-refractivity contribution >= 4 is 39.6 Å². The summed E-state index contributed by atoms with van der Waals surface area (Å²) in [6, 6.07) is 11.8. The molecular formula is C16H14BrN3O3. The predicted molar refractivity (Wildman–Crippen MR) is 91.4 cm³/mol. The van der Waals surface area contributed by atoms with Gasteiger partial charge in [0.15, 0.2) is 0 Å².